The zero-order valence-corrected chi connectivity index (χ0v) is 13.8. The number of nitrogens with one attached hydrogen (secondary N) is 2. The minimum atomic E-state index is -3.64. The SMILES string of the molecule is C[C@@H](CN)NC(=O)CCNS(=O)(=O)c1ccc2ccccc2c1. The predicted molar refractivity (Wildman–Crippen MR) is 90.4 cm³/mol. The molecule has 0 unspecified atom stereocenters. The van der Waals surface area contributed by atoms with Crippen molar-refractivity contribution in [1.82, 2.24) is 10.0 Å². The molecule has 0 spiro atoms. The summed E-state index contributed by atoms with van der Waals surface area (Å²) in [6, 6.07) is 12.3. The van der Waals surface area contributed by atoms with Crippen LogP contribution < -0.4 is 15.8 Å². The Morgan fingerprint density at radius 3 is 2.57 bits per heavy atom. The lowest BCUT2D eigenvalue weighted by atomic mass is 10.1. The van der Waals surface area contributed by atoms with E-state index in [1.165, 1.54) is 0 Å². The summed E-state index contributed by atoms with van der Waals surface area (Å²) in [5.74, 6) is -0.232. The molecule has 124 valence electrons. The average Bonchev–Trinajstić information content (AvgIpc) is 2.54. The molecule has 0 saturated heterocycles. The van der Waals surface area contributed by atoms with Gasteiger partial charge in [-0.05, 0) is 29.8 Å². The van der Waals surface area contributed by atoms with Crippen molar-refractivity contribution >= 4 is 26.7 Å². The van der Waals surface area contributed by atoms with Crippen molar-refractivity contribution in [3.05, 3.63) is 42.5 Å². The first-order chi connectivity index (χ1) is 10.9. The number of benzene rings is 2. The lowest BCUT2D eigenvalue weighted by molar-refractivity contribution is -0.121. The van der Waals surface area contributed by atoms with Crippen molar-refractivity contribution in [1.29, 1.82) is 0 Å². The molecule has 0 aliphatic heterocycles. The molecule has 1 amide bonds. The van der Waals surface area contributed by atoms with E-state index in [-0.39, 0.29) is 29.8 Å². The Hall–Kier alpha value is -1.96. The molecule has 6 nitrogen and oxygen atoms in total. The predicted octanol–water partition coefficient (Wildman–Crippen LogP) is 0.972. The Bertz CT molecular complexity index is 790. The van der Waals surface area contributed by atoms with Gasteiger partial charge in [-0.25, -0.2) is 13.1 Å². The second kappa shape index (κ2) is 7.54. The van der Waals surface area contributed by atoms with Gasteiger partial charge in [0.05, 0.1) is 4.90 Å². The molecular formula is C16H21N3O3S. The smallest absolute Gasteiger partial charge is 0.240 e. The summed E-state index contributed by atoms with van der Waals surface area (Å²) in [7, 11) is -3.64. The summed E-state index contributed by atoms with van der Waals surface area (Å²) in [5.41, 5.74) is 5.41. The van der Waals surface area contributed by atoms with Crippen LogP contribution in [-0.4, -0.2) is 33.5 Å². The van der Waals surface area contributed by atoms with E-state index in [4.69, 9.17) is 5.73 Å². The van der Waals surface area contributed by atoms with E-state index in [9.17, 15) is 13.2 Å². The van der Waals surface area contributed by atoms with Crippen molar-refractivity contribution < 1.29 is 13.2 Å². The van der Waals surface area contributed by atoms with Gasteiger partial charge < -0.3 is 11.1 Å². The van der Waals surface area contributed by atoms with Gasteiger partial charge in [-0.15, -0.1) is 0 Å². The highest BCUT2D eigenvalue weighted by Crippen LogP contribution is 2.18. The normalized spacial score (nSPS) is 13.0. The number of hydrogen-bond acceptors (Lipinski definition) is 4. The molecule has 0 aromatic heterocycles. The van der Waals surface area contributed by atoms with E-state index < -0.39 is 10.0 Å². The largest absolute Gasteiger partial charge is 0.352 e. The monoisotopic (exact) mass is 335 g/mol. The molecule has 2 rings (SSSR count). The maximum Gasteiger partial charge on any atom is 0.240 e. The van der Waals surface area contributed by atoms with Gasteiger partial charge in [0.25, 0.3) is 0 Å². The van der Waals surface area contributed by atoms with E-state index in [0.717, 1.165) is 10.8 Å². The van der Waals surface area contributed by atoms with E-state index >= 15 is 0 Å². The number of nitrogens with two attached hydrogens (primary N) is 1. The van der Waals surface area contributed by atoms with Gasteiger partial charge in [0.15, 0.2) is 0 Å². The average molecular weight is 335 g/mol. The van der Waals surface area contributed by atoms with Gasteiger partial charge in [-0.1, -0.05) is 30.3 Å². The molecule has 7 heteroatoms. The lowest BCUT2D eigenvalue weighted by Crippen LogP contribution is -2.39. The molecule has 0 aliphatic carbocycles. The third-order valence-corrected chi connectivity index (χ3v) is 4.90. The zero-order valence-electron chi connectivity index (χ0n) is 13.0. The fourth-order valence-electron chi connectivity index (χ4n) is 2.12. The molecule has 4 N–H and O–H groups in total. The van der Waals surface area contributed by atoms with Gasteiger partial charge >= 0.3 is 0 Å². The molecule has 0 aliphatic rings. The second-order valence-corrected chi connectivity index (χ2v) is 7.13. The summed E-state index contributed by atoms with van der Waals surface area (Å²) in [6.07, 6.45) is 0.0666. The highest BCUT2D eigenvalue weighted by atomic mass is 32.2. The van der Waals surface area contributed by atoms with Crippen molar-refractivity contribution in [3.63, 3.8) is 0 Å². The van der Waals surface area contributed by atoms with Crippen molar-refractivity contribution in [2.75, 3.05) is 13.1 Å². The summed E-state index contributed by atoms with van der Waals surface area (Å²) in [5, 5.41) is 4.51. The maximum absolute atomic E-state index is 12.3. The zero-order chi connectivity index (χ0) is 16.9. The molecule has 1 atom stereocenters. The number of sulfonamides is 1. The summed E-state index contributed by atoms with van der Waals surface area (Å²) in [4.78, 5) is 11.8. The Kier molecular flexibility index (Phi) is 5.70. The molecule has 2 aromatic rings. The van der Waals surface area contributed by atoms with Crippen molar-refractivity contribution in [3.8, 4) is 0 Å². The Morgan fingerprint density at radius 1 is 1.17 bits per heavy atom. The van der Waals surface area contributed by atoms with Crippen LogP contribution in [0.1, 0.15) is 13.3 Å². The summed E-state index contributed by atoms with van der Waals surface area (Å²) in [6.45, 7) is 2.17. The van der Waals surface area contributed by atoms with Crippen molar-refractivity contribution in [2.24, 2.45) is 5.73 Å². The molecule has 0 radical (unpaired) electrons. The fraction of sp³-hybridized carbons (Fsp3) is 0.312. The topological polar surface area (TPSA) is 101 Å². The summed E-state index contributed by atoms with van der Waals surface area (Å²) >= 11 is 0. The van der Waals surface area contributed by atoms with Crippen LogP contribution in [0.25, 0.3) is 10.8 Å². The fourth-order valence-corrected chi connectivity index (χ4v) is 3.19. The van der Waals surface area contributed by atoms with Crippen LogP contribution >= 0.6 is 0 Å². The number of fused-ring (bicyclic) bond motifs is 1. The highest BCUT2D eigenvalue weighted by molar-refractivity contribution is 7.89. The van der Waals surface area contributed by atoms with Crippen molar-refractivity contribution in [2.45, 2.75) is 24.3 Å². The molecule has 0 heterocycles. The Labute approximate surface area is 136 Å². The molecule has 0 saturated carbocycles. The van der Waals surface area contributed by atoms with Gasteiger partial charge in [-0.3, -0.25) is 4.79 Å². The van der Waals surface area contributed by atoms with E-state index in [2.05, 4.69) is 10.0 Å². The molecule has 0 fully saturated rings. The van der Waals surface area contributed by atoms with E-state index in [0.29, 0.717) is 6.54 Å². The van der Waals surface area contributed by atoms with Gasteiger partial charge in [0.2, 0.25) is 15.9 Å². The molecule has 23 heavy (non-hydrogen) atoms. The number of hydrogen-bond donors (Lipinski definition) is 3. The van der Waals surface area contributed by atoms with Gasteiger partial charge in [0, 0.05) is 25.6 Å². The van der Waals surface area contributed by atoms with Crippen LogP contribution in [0, 0.1) is 0 Å². The van der Waals surface area contributed by atoms with Crippen LogP contribution in [-0.2, 0) is 14.8 Å². The first-order valence-corrected chi connectivity index (χ1v) is 8.88. The van der Waals surface area contributed by atoms with Crippen LogP contribution in [0.15, 0.2) is 47.4 Å². The maximum atomic E-state index is 12.3. The molecular weight excluding hydrogens is 314 g/mol. The second-order valence-electron chi connectivity index (χ2n) is 5.36. The van der Waals surface area contributed by atoms with E-state index in [1.54, 1.807) is 25.1 Å². The first kappa shape index (κ1) is 17.4. The van der Waals surface area contributed by atoms with Crippen LogP contribution in [0.5, 0.6) is 0 Å². The first-order valence-electron chi connectivity index (χ1n) is 7.40. The Balaban J connectivity index is 1.99. The quantitative estimate of drug-likeness (QED) is 0.702. The number of rotatable bonds is 7. The summed E-state index contributed by atoms with van der Waals surface area (Å²) < 4.78 is 27.0. The lowest BCUT2D eigenvalue weighted by Gasteiger charge is -2.11. The number of amides is 1. The standard InChI is InChI=1S/C16H21N3O3S/c1-12(11-17)19-16(20)8-9-18-23(21,22)15-7-6-13-4-2-3-5-14(13)10-15/h2-7,10,12,18H,8-9,11,17H2,1H3,(H,19,20)/t12-/m0/s1. The van der Waals surface area contributed by atoms with Crippen LogP contribution in [0.2, 0.25) is 0 Å². The molecule has 0 bridgehead atoms. The highest BCUT2D eigenvalue weighted by Gasteiger charge is 2.15. The van der Waals surface area contributed by atoms with Crippen LogP contribution in [0.3, 0.4) is 0 Å². The number of carbonyl (C=O) groups excluding carboxylic acids is 1. The van der Waals surface area contributed by atoms with Gasteiger partial charge in [-0.2, -0.15) is 0 Å². The van der Waals surface area contributed by atoms with E-state index in [1.807, 2.05) is 24.3 Å². The Morgan fingerprint density at radius 2 is 1.87 bits per heavy atom. The molecule has 2 aromatic carbocycles. The number of carbonyl (C=O) groups is 1. The third-order valence-electron chi connectivity index (χ3n) is 3.44. The van der Waals surface area contributed by atoms with Crippen LogP contribution in [0.4, 0.5) is 0 Å². The minimum absolute atomic E-state index is 0.0400. The van der Waals surface area contributed by atoms with Gasteiger partial charge in [0.1, 0.15) is 0 Å². The third kappa shape index (κ3) is 4.75. The minimum Gasteiger partial charge on any atom is -0.352 e.